The molecule has 1 aliphatic heterocycles. The van der Waals surface area contributed by atoms with E-state index in [0.717, 1.165) is 19.1 Å². The molecule has 0 aromatic rings. The van der Waals surface area contributed by atoms with Gasteiger partial charge in [0.25, 0.3) is 0 Å². The van der Waals surface area contributed by atoms with Crippen LogP contribution in [-0.4, -0.2) is 25.3 Å². The van der Waals surface area contributed by atoms with Crippen molar-refractivity contribution in [1.29, 1.82) is 0 Å². The fourth-order valence-corrected chi connectivity index (χ4v) is 3.35. The highest BCUT2D eigenvalue weighted by Gasteiger charge is 2.58. The van der Waals surface area contributed by atoms with E-state index in [9.17, 15) is 0 Å². The van der Waals surface area contributed by atoms with Crippen LogP contribution in [0.15, 0.2) is 0 Å². The summed E-state index contributed by atoms with van der Waals surface area (Å²) in [6.07, 6.45) is 1.75. The van der Waals surface area contributed by atoms with Crippen molar-refractivity contribution >= 4 is 0 Å². The van der Waals surface area contributed by atoms with Crippen LogP contribution in [-0.2, 0) is 4.74 Å². The zero-order valence-corrected chi connectivity index (χ0v) is 12.3. The number of ether oxygens (including phenoxy) is 1. The average Bonchev–Trinajstić information content (AvgIpc) is 2.62. The molecule has 0 aromatic heterocycles. The Hall–Kier alpha value is -0.0800. The second kappa shape index (κ2) is 4.24. The first-order chi connectivity index (χ1) is 7.74. The summed E-state index contributed by atoms with van der Waals surface area (Å²) in [5.74, 6) is 1.47. The molecule has 0 radical (unpaired) electrons. The van der Waals surface area contributed by atoms with Crippen LogP contribution in [0.5, 0.6) is 0 Å². The topological polar surface area (TPSA) is 21.3 Å². The van der Waals surface area contributed by atoms with Crippen molar-refractivity contribution in [2.24, 2.45) is 22.7 Å². The quantitative estimate of drug-likeness (QED) is 0.817. The molecular weight excluding hydrogens is 210 g/mol. The fraction of sp³-hybridized carbons (Fsp3) is 1.00. The van der Waals surface area contributed by atoms with E-state index in [1.807, 2.05) is 0 Å². The maximum atomic E-state index is 5.83. The Morgan fingerprint density at radius 3 is 2.59 bits per heavy atom. The maximum absolute atomic E-state index is 5.83. The van der Waals surface area contributed by atoms with Crippen molar-refractivity contribution in [3.8, 4) is 0 Å². The lowest BCUT2D eigenvalue weighted by Gasteiger charge is -2.55. The van der Waals surface area contributed by atoms with E-state index in [1.54, 1.807) is 0 Å². The summed E-state index contributed by atoms with van der Waals surface area (Å²) in [6.45, 7) is 16.1. The first kappa shape index (κ1) is 13.4. The minimum absolute atomic E-state index is 0.318. The number of rotatable bonds is 3. The highest BCUT2D eigenvalue weighted by molar-refractivity contribution is 5.11. The maximum Gasteiger partial charge on any atom is 0.0685 e. The molecule has 1 N–H and O–H groups in total. The molecule has 1 aliphatic carbocycles. The Morgan fingerprint density at radius 2 is 2.00 bits per heavy atom. The van der Waals surface area contributed by atoms with Gasteiger partial charge in [-0.1, -0.05) is 41.5 Å². The van der Waals surface area contributed by atoms with Gasteiger partial charge < -0.3 is 10.1 Å². The number of hydrogen-bond acceptors (Lipinski definition) is 2. The number of hydrogen-bond donors (Lipinski definition) is 1. The predicted octanol–water partition coefficient (Wildman–Crippen LogP) is 3.07. The van der Waals surface area contributed by atoms with E-state index in [0.29, 0.717) is 28.9 Å². The van der Waals surface area contributed by atoms with Crippen molar-refractivity contribution in [1.82, 2.24) is 5.32 Å². The normalized spacial score (nSPS) is 37.4. The van der Waals surface area contributed by atoms with E-state index in [1.165, 1.54) is 6.42 Å². The molecule has 2 aliphatic rings. The third-order valence-corrected chi connectivity index (χ3v) is 5.22. The molecular formula is C15H29NO. The molecule has 2 nitrogen and oxygen atoms in total. The summed E-state index contributed by atoms with van der Waals surface area (Å²) in [4.78, 5) is 0. The molecule has 2 fully saturated rings. The first-order valence-corrected chi connectivity index (χ1v) is 7.09. The van der Waals surface area contributed by atoms with Gasteiger partial charge in [-0.3, -0.25) is 0 Å². The van der Waals surface area contributed by atoms with Crippen LogP contribution in [0.25, 0.3) is 0 Å². The molecule has 1 saturated heterocycles. The van der Waals surface area contributed by atoms with Crippen LogP contribution in [0, 0.1) is 22.7 Å². The molecule has 2 rings (SSSR count). The molecule has 1 saturated carbocycles. The van der Waals surface area contributed by atoms with E-state index in [2.05, 4.69) is 46.9 Å². The monoisotopic (exact) mass is 239 g/mol. The number of fused-ring (bicyclic) bond motifs is 1. The smallest absolute Gasteiger partial charge is 0.0685 e. The summed E-state index contributed by atoms with van der Waals surface area (Å²) in [5.41, 5.74) is 0.714. The van der Waals surface area contributed by atoms with Crippen LogP contribution in [0.3, 0.4) is 0 Å². The second-order valence-corrected chi connectivity index (χ2v) is 7.72. The minimum Gasteiger partial charge on any atom is -0.377 e. The van der Waals surface area contributed by atoms with Gasteiger partial charge in [0, 0.05) is 24.0 Å². The highest BCUT2D eigenvalue weighted by atomic mass is 16.5. The Kier molecular flexibility index (Phi) is 3.33. The first-order valence-electron chi connectivity index (χ1n) is 7.09. The van der Waals surface area contributed by atoms with Crippen molar-refractivity contribution < 1.29 is 4.74 Å². The van der Waals surface area contributed by atoms with Gasteiger partial charge in [-0.25, -0.2) is 0 Å². The molecule has 100 valence electrons. The highest BCUT2D eigenvalue weighted by Crippen LogP contribution is 2.52. The lowest BCUT2D eigenvalue weighted by molar-refractivity contribution is -0.113. The molecule has 4 atom stereocenters. The Balaban J connectivity index is 1.88. The predicted molar refractivity (Wildman–Crippen MR) is 72.0 cm³/mol. The molecule has 4 unspecified atom stereocenters. The van der Waals surface area contributed by atoms with E-state index in [4.69, 9.17) is 4.74 Å². The molecule has 0 bridgehead atoms. The Morgan fingerprint density at radius 1 is 1.35 bits per heavy atom. The van der Waals surface area contributed by atoms with Gasteiger partial charge in [-0.2, -0.15) is 0 Å². The molecule has 1 heterocycles. The summed E-state index contributed by atoms with van der Waals surface area (Å²) in [5, 5.41) is 3.81. The van der Waals surface area contributed by atoms with Crippen LogP contribution in [0.2, 0.25) is 0 Å². The summed E-state index contributed by atoms with van der Waals surface area (Å²) in [6, 6.07) is 0.653. The summed E-state index contributed by atoms with van der Waals surface area (Å²) in [7, 11) is 0. The van der Waals surface area contributed by atoms with Gasteiger partial charge >= 0.3 is 0 Å². The molecule has 17 heavy (non-hydrogen) atoms. The third kappa shape index (κ3) is 2.26. The van der Waals surface area contributed by atoms with Gasteiger partial charge in [0.2, 0.25) is 0 Å². The lowest BCUT2D eigenvalue weighted by Crippen LogP contribution is -2.66. The van der Waals surface area contributed by atoms with Gasteiger partial charge in [0.15, 0.2) is 0 Å². The zero-order valence-electron chi connectivity index (χ0n) is 12.3. The molecule has 0 amide bonds. The van der Waals surface area contributed by atoms with Gasteiger partial charge in [-0.05, 0) is 24.3 Å². The van der Waals surface area contributed by atoms with Crippen LogP contribution >= 0.6 is 0 Å². The number of nitrogens with one attached hydrogen (secondary N) is 1. The fourth-order valence-electron chi connectivity index (χ4n) is 3.35. The van der Waals surface area contributed by atoms with E-state index in [-0.39, 0.29) is 0 Å². The van der Waals surface area contributed by atoms with Crippen LogP contribution < -0.4 is 5.32 Å². The Bertz CT molecular complexity index is 279. The average molecular weight is 239 g/mol. The van der Waals surface area contributed by atoms with Gasteiger partial charge in [-0.15, -0.1) is 0 Å². The SMILES string of the molecule is CC(CNC1C2CCOC2C1(C)C)C(C)(C)C. The minimum atomic E-state index is 0.318. The Labute approximate surface area is 107 Å². The third-order valence-electron chi connectivity index (χ3n) is 5.22. The second-order valence-electron chi connectivity index (χ2n) is 7.72. The van der Waals surface area contributed by atoms with E-state index >= 15 is 0 Å². The van der Waals surface area contributed by atoms with Crippen molar-refractivity contribution in [3.05, 3.63) is 0 Å². The summed E-state index contributed by atoms with van der Waals surface area (Å²) < 4.78 is 5.83. The van der Waals surface area contributed by atoms with E-state index < -0.39 is 0 Å². The standard InChI is InChI=1S/C15H29NO/c1-10(14(2,3)4)9-16-12-11-7-8-17-13(11)15(12,5)6/h10-13,16H,7-9H2,1-6H3. The van der Waals surface area contributed by atoms with Crippen molar-refractivity contribution in [3.63, 3.8) is 0 Å². The molecule has 2 heteroatoms. The van der Waals surface area contributed by atoms with Gasteiger partial charge in [0.1, 0.15) is 0 Å². The van der Waals surface area contributed by atoms with Crippen LogP contribution in [0.4, 0.5) is 0 Å². The largest absolute Gasteiger partial charge is 0.377 e. The zero-order chi connectivity index (χ0) is 12.8. The molecule has 0 aromatic carbocycles. The van der Waals surface area contributed by atoms with Gasteiger partial charge in [0.05, 0.1) is 6.10 Å². The van der Waals surface area contributed by atoms with Crippen LogP contribution in [0.1, 0.15) is 48.0 Å². The summed E-state index contributed by atoms with van der Waals surface area (Å²) >= 11 is 0. The lowest BCUT2D eigenvalue weighted by atomic mass is 9.57. The van der Waals surface area contributed by atoms with Crippen molar-refractivity contribution in [2.45, 2.75) is 60.1 Å². The molecule has 0 spiro atoms. The van der Waals surface area contributed by atoms with Crippen molar-refractivity contribution in [2.75, 3.05) is 13.2 Å².